The van der Waals surface area contributed by atoms with Crippen LogP contribution in [0.5, 0.6) is 0 Å². The number of alkyl halides is 1. The van der Waals surface area contributed by atoms with Gasteiger partial charge in [0.05, 0.1) is 0 Å². The summed E-state index contributed by atoms with van der Waals surface area (Å²) < 4.78 is 0. The lowest BCUT2D eigenvalue weighted by Crippen LogP contribution is -2.28. The number of benzene rings is 1. The quantitative estimate of drug-likeness (QED) is 0.685. The SMILES string of the molecule is CC(=O)C(Br)C(=O)Nc1cc(C)ccc1C. The third-order valence-corrected chi connectivity index (χ3v) is 3.30. The molecule has 0 saturated heterocycles. The molecule has 0 bridgehead atoms. The second-order valence-corrected chi connectivity index (χ2v) is 4.70. The molecule has 3 nitrogen and oxygen atoms in total. The topological polar surface area (TPSA) is 46.2 Å². The second-order valence-electron chi connectivity index (χ2n) is 3.78. The summed E-state index contributed by atoms with van der Waals surface area (Å²) in [5.74, 6) is -0.538. The van der Waals surface area contributed by atoms with E-state index >= 15 is 0 Å². The summed E-state index contributed by atoms with van der Waals surface area (Å²) in [6, 6.07) is 5.79. The zero-order valence-corrected chi connectivity index (χ0v) is 11.1. The van der Waals surface area contributed by atoms with E-state index in [-0.39, 0.29) is 11.7 Å². The maximum atomic E-state index is 11.6. The van der Waals surface area contributed by atoms with Crippen LogP contribution in [0.25, 0.3) is 0 Å². The number of anilines is 1. The molecule has 1 rings (SSSR count). The van der Waals surface area contributed by atoms with E-state index in [0.717, 1.165) is 16.8 Å². The van der Waals surface area contributed by atoms with E-state index in [1.807, 2.05) is 32.0 Å². The van der Waals surface area contributed by atoms with Gasteiger partial charge in [-0.2, -0.15) is 0 Å². The molecule has 16 heavy (non-hydrogen) atoms. The lowest BCUT2D eigenvalue weighted by atomic mass is 10.1. The fourth-order valence-electron chi connectivity index (χ4n) is 1.25. The number of amides is 1. The molecule has 0 spiro atoms. The van der Waals surface area contributed by atoms with Gasteiger partial charge in [-0.05, 0) is 38.0 Å². The monoisotopic (exact) mass is 283 g/mol. The zero-order chi connectivity index (χ0) is 12.3. The molecule has 4 heteroatoms. The number of carbonyl (C=O) groups is 2. The molecule has 0 saturated carbocycles. The Kier molecular flexibility index (Phi) is 4.24. The Balaban J connectivity index is 2.84. The molecule has 0 aliphatic heterocycles. The Morgan fingerprint density at radius 1 is 1.31 bits per heavy atom. The van der Waals surface area contributed by atoms with Crippen molar-refractivity contribution in [2.75, 3.05) is 5.32 Å². The lowest BCUT2D eigenvalue weighted by Gasteiger charge is -2.11. The predicted molar refractivity (Wildman–Crippen MR) is 67.9 cm³/mol. The first-order valence-corrected chi connectivity index (χ1v) is 5.86. The number of rotatable bonds is 3. The lowest BCUT2D eigenvalue weighted by molar-refractivity contribution is -0.123. The third kappa shape index (κ3) is 3.17. The number of ketones is 1. The van der Waals surface area contributed by atoms with Gasteiger partial charge in [-0.3, -0.25) is 9.59 Å². The van der Waals surface area contributed by atoms with Gasteiger partial charge in [-0.15, -0.1) is 0 Å². The van der Waals surface area contributed by atoms with Crippen molar-refractivity contribution in [1.82, 2.24) is 0 Å². The van der Waals surface area contributed by atoms with Crippen LogP contribution < -0.4 is 5.32 Å². The third-order valence-electron chi connectivity index (χ3n) is 2.24. The fraction of sp³-hybridized carbons (Fsp3) is 0.333. The van der Waals surface area contributed by atoms with Crippen LogP contribution in [0.4, 0.5) is 5.69 Å². The first-order chi connectivity index (χ1) is 7.41. The first kappa shape index (κ1) is 12.9. The maximum absolute atomic E-state index is 11.6. The molecule has 1 atom stereocenters. The molecule has 0 fully saturated rings. The van der Waals surface area contributed by atoms with E-state index in [0.29, 0.717) is 0 Å². The van der Waals surface area contributed by atoms with Crippen molar-refractivity contribution in [1.29, 1.82) is 0 Å². The Hall–Kier alpha value is -1.16. The van der Waals surface area contributed by atoms with Crippen LogP contribution in [-0.4, -0.2) is 16.5 Å². The largest absolute Gasteiger partial charge is 0.324 e. The van der Waals surface area contributed by atoms with Crippen molar-refractivity contribution in [2.45, 2.75) is 25.6 Å². The van der Waals surface area contributed by atoms with Crippen molar-refractivity contribution >= 4 is 33.3 Å². The van der Waals surface area contributed by atoms with Gasteiger partial charge < -0.3 is 5.32 Å². The summed E-state index contributed by atoms with van der Waals surface area (Å²) in [6.07, 6.45) is 0. The van der Waals surface area contributed by atoms with E-state index in [9.17, 15) is 9.59 Å². The molecule has 86 valence electrons. The van der Waals surface area contributed by atoms with Gasteiger partial charge in [0.25, 0.3) is 0 Å². The molecular formula is C12H14BrNO2. The average molecular weight is 284 g/mol. The van der Waals surface area contributed by atoms with Crippen LogP contribution in [0.1, 0.15) is 18.1 Å². The fourth-order valence-corrected chi connectivity index (χ4v) is 1.37. The van der Waals surface area contributed by atoms with Crippen molar-refractivity contribution in [3.63, 3.8) is 0 Å². The molecule has 1 unspecified atom stereocenters. The van der Waals surface area contributed by atoms with Crippen LogP contribution in [0.15, 0.2) is 18.2 Å². The molecule has 0 heterocycles. The van der Waals surface area contributed by atoms with E-state index in [1.54, 1.807) is 0 Å². The normalized spacial score (nSPS) is 12.0. The van der Waals surface area contributed by atoms with Gasteiger partial charge in [0.15, 0.2) is 10.6 Å². The highest BCUT2D eigenvalue weighted by Gasteiger charge is 2.19. The summed E-state index contributed by atoms with van der Waals surface area (Å²) in [7, 11) is 0. The molecule has 1 aromatic carbocycles. The summed E-state index contributed by atoms with van der Waals surface area (Å²) >= 11 is 3.05. The zero-order valence-electron chi connectivity index (χ0n) is 9.50. The molecular weight excluding hydrogens is 270 g/mol. The molecule has 0 aliphatic rings. The van der Waals surface area contributed by atoms with Crippen molar-refractivity contribution in [3.05, 3.63) is 29.3 Å². The van der Waals surface area contributed by atoms with Crippen molar-refractivity contribution in [3.8, 4) is 0 Å². The number of nitrogens with one attached hydrogen (secondary N) is 1. The number of hydrogen-bond acceptors (Lipinski definition) is 2. The summed E-state index contributed by atoms with van der Waals surface area (Å²) in [5, 5.41) is 2.73. The molecule has 1 N–H and O–H groups in total. The highest BCUT2D eigenvalue weighted by atomic mass is 79.9. The number of aryl methyl sites for hydroxylation is 2. The van der Waals surface area contributed by atoms with E-state index in [4.69, 9.17) is 0 Å². The van der Waals surface area contributed by atoms with Gasteiger partial charge in [0.2, 0.25) is 5.91 Å². The predicted octanol–water partition coefficient (Wildman–Crippen LogP) is 2.59. The Labute approximate surface area is 103 Å². The molecule has 1 aromatic rings. The highest BCUT2D eigenvalue weighted by molar-refractivity contribution is 9.10. The summed E-state index contributed by atoms with van der Waals surface area (Å²) in [5.41, 5.74) is 2.78. The van der Waals surface area contributed by atoms with Crippen molar-refractivity contribution in [2.24, 2.45) is 0 Å². The second kappa shape index (κ2) is 5.25. The standard InChI is InChI=1S/C12H14BrNO2/c1-7-4-5-8(2)10(6-7)14-12(16)11(13)9(3)15/h4-6,11H,1-3H3,(H,14,16). The minimum Gasteiger partial charge on any atom is -0.324 e. The van der Waals surface area contributed by atoms with Gasteiger partial charge in [0, 0.05) is 5.69 Å². The molecule has 1 amide bonds. The van der Waals surface area contributed by atoms with Crippen LogP contribution in [-0.2, 0) is 9.59 Å². The van der Waals surface area contributed by atoms with Gasteiger partial charge >= 0.3 is 0 Å². The highest BCUT2D eigenvalue weighted by Crippen LogP contribution is 2.17. The Morgan fingerprint density at radius 2 is 1.94 bits per heavy atom. The number of Topliss-reactive ketones (excluding diaryl/α,β-unsaturated/α-hetero) is 1. The number of carbonyl (C=O) groups excluding carboxylic acids is 2. The minimum absolute atomic E-state index is 0.206. The number of hydrogen-bond donors (Lipinski definition) is 1. The minimum atomic E-state index is -0.785. The van der Waals surface area contributed by atoms with E-state index in [1.165, 1.54) is 6.92 Å². The van der Waals surface area contributed by atoms with Gasteiger partial charge in [0.1, 0.15) is 0 Å². The van der Waals surface area contributed by atoms with Gasteiger partial charge in [-0.1, -0.05) is 28.1 Å². The summed E-state index contributed by atoms with van der Waals surface area (Å²) in [4.78, 5) is 21.9. The smallest absolute Gasteiger partial charge is 0.245 e. The van der Waals surface area contributed by atoms with E-state index in [2.05, 4.69) is 21.2 Å². The van der Waals surface area contributed by atoms with Gasteiger partial charge in [-0.25, -0.2) is 0 Å². The van der Waals surface area contributed by atoms with E-state index < -0.39 is 4.83 Å². The Bertz CT molecular complexity index is 429. The van der Waals surface area contributed by atoms with Crippen LogP contribution in [0.3, 0.4) is 0 Å². The average Bonchev–Trinajstić information content (AvgIpc) is 2.22. The molecule has 0 radical (unpaired) electrons. The van der Waals surface area contributed by atoms with Crippen molar-refractivity contribution < 1.29 is 9.59 Å². The van der Waals surface area contributed by atoms with Crippen LogP contribution in [0.2, 0.25) is 0 Å². The summed E-state index contributed by atoms with van der Waals surface area (Å²) in [6.45, 7) is 5.24. The van der Waals surface area contributed by atoms with Crippen LogP contribution >= 0.6 is 15.9 Å². The maximum Gasteiger partial charge on any atom is 0.245 e. The molecule has 0 aromatic heterocycles. The number of halogens is 1. The first-order valence-electron chi connectivity index (χ1n) is 4.94. The molecule has 0 aliphatic carbocycles. The van der Waals surface area contributed by atoms with Crippen LogP contribution in [0, 0.1) is 13.8 Å². The Morgan fingerprint density at radius 3 is 2.50 bits per heavy atom.